The van der Waals surface area contributed by atoms with Gasteiger partial charge in [-0.3, -0.25) is 9.59 Å². The number of rotatable bonds is 6. The van der Waals surface area contributed by atoms with Crippen molar-refractivity contribution in [1.29, 1.82) is 0 Å². The van der Waals surface area contributed by atoms with Crippen molar-refractivity contribution >= 4 is 29.7 Å². The van der Waals surface area contributed by atoms with Gasteiger partial charge in [0.25, 0.3) is 5.91 Å². The molecule has 12 nitrogen and oxygen atoms in total. The highest BCUT2D eigenvalue weighted by atomic mass is 16.6. The van der Waals surface area contributed by atoms with Crippen LogP contribution in [-0.2, 0) is 28.7 Å². The summed E-state index contributed by atoms with van der Waals surface area (Å²) in [5.74, 6) is -4.04. The van der Waals surface area contributed by atoms with E-state index in [4.69, 9.17) is 14.6 Å². The minimum absolute atomic E-state index is 0.0529. The second-order valence-electron chi connectivity index (χ2n) is 9.51. The number of hydrogen-bond acceptors (Lipinski definition) is 9. The molecular formula is C20H29N3O9. The largest absolute Gasteiger partial charge is 0.479 e. The molecule has 2 rings (SSSR count). The highest BCUT2D eigenvalue weighted by molar-refractivity contribution is 6.08. The van der Waals surface area contributed by atoms with Crippen molar-refractivity contribution < 1.29 is 43.7 Å². The Morgan fingerprint density at radius 2 is 1.66 bits per heavy atom. The van der Waals surface area contributed by atoms with Crippen LogP contribution in [0.25, 0.3) is 0 Å². The van der Waals surface area contributed by atoms with E-state index in [2.05, 4.69) is 5.32 Å². The Kier molecular flexibility index (Phi) is 7.00. The number of carbonyl (C=O) groups excluding carboxylic acids is 4. The molecular weight excluding hydrogens is 426 g/mol. The van der Waals surface area contributed by atoms with Gasteiger partial charge in [0.05, 0.1) is 0 Å². The van der Waals surface area contributed by atoms with Crippen LogP contribution in [0, 0.1) is 0 Å². The zero-order valence-corrected chi connectivity index (χ0v) is 18.9. The lowest BCUT2D eigenvalue weighted by molar-refractivity contribution is -0.156. The number of carbonyl (C=O) groups is 5. The van der Waals surface area contributed by atoms with Crippen LogP contribution in [0.2, 0.25) is 0 Å². The fourth-order valence-electron chi connectivity index (χ4n) is 3.13. The molecule has 12 heteroatoms. The third-order valence-corrected chi connectivity index (χ3v) is 4.30. The maximum absolute atomic E-state index is 13.0. The molecule has 178 valence electrons. The Balaban J connectivity index is 2.32. The van der Waals surface area contributed by atoms with Gasteiger partial charge >= 0.3 is 18.0 Å². The topological polar surface area (TPSA) is 163 Å². The van der Waals surface area contributed by atoms with E-state index < -0.39 is 59.5 Å². The average Bonchev–Trinajstić information content (AvgIpc) is 3.09. The summed E-state index contributed by atoms with van der Waals surface area (Å²) in [5.41, 5.74) is -2.23. The average molecular weight is 455 g/mol. The third-order valence-electron chi connectivity index (χ3n) is 4.30. The van der Waals surface area contributed by atoms with E-state index in [1.165, 1.54) is 5.01 Å². The van der Waals surface area contributed by atoms with E-state index in [0.29, 0.717) is 0 Å². The van der Waals surface area contributed by atoms with E-state index >= 15 is 0 Å². The van der Waals surface area contributed by atoms with Gasteiger partial charge in [0.1, 0.15) is 17.2 Å². The Bertz CT molecular complexity index is 867. The van der Waals surface area contributed by atoms with Crippen LogP contribution >= 0.6 is 0 Å². The van der Waals surface area contributed by atoms with Crippen molar-refractivity contribution in [1.82, 2.24) is 15.3 Å². The number of Topliss-reactive ketones (excluding diaryl/α,β-unsaturated/α-hetero) is 1. The van der Waals surface area contributed by atoms with Crippen LogP contribution in [0.4, 0.5) is 4.79 Å². The van der Waals surface area contributed by atoms with Crippen molar-refractivity contribution in [2.24, 2.45) is 0 Å². The molecule has 0 aliphatic carbocycles. The van der Waals surface area contributed by atoms with Crippen molar-refractivity contribution in [3.8, 4) is 0 Å². The standard InChI is InChI=1S/C20H29N3O9/c1-19(2,3)31-17(29)14-10(12(24)7-13(25)16(27)28)8-22-9-11(15(26)23(14)22)21-18(30)32-20(4,5)6/h11,13,25H,7-9H2,1-6H3,(H,21,30)(H,27,28)/t11-,13?/m0/s1. The number of carboxylic acid groups (broad SMARTS) is 1. The summed E-state index contributed by atoms with van der Waals surface area (Å²) in [5, 5.41) is 23.2. The molecule has 3 N–H and O–H groups in total. The molecule has 0 saturated carbocycles. The molecule has 32 heavy (non-hydrogen) atoms. The number of aliphatic hydroxyl groups excluding tert-OH is 1. The van der Waals surface area contributed by atoms with Crippen LogP contribution in [0.1, 0.15) is 48.0 Å². The highest BCUT2D eigenvalue weighted by Gasteiger charge is 2.50. The Labute approximate surface area is 185 Å². The summed E-state index contributed by atoms with van der Waals surface area (Å²) < 4.78 is 10.5. The van der Waals surface area contributed by atoms with Crippen LogP contribution < -0.4 is 5.32 Å². The molecule has 0 aromatic carbocycles. The summed E-state index contributed by atoms with van der Waals surface area (Å²) in [6.07, 6.45) is -3.55. The third kappa shape index (κ3) is 6.04. The Hall–Kier alpha value is -2.99. The lowest BCUT2D eigenvalue weighted by atomic mass is 10.0. The molecule has 0 aromatic heterocycles. The summed E-state index contributed by atoms with van der Waals surface area (Å²) in [7, 11) is 0. The first kappa shape index (κ1) is 25.3. The first-order valence-corrected chi connectivity index (χ1v) is 9.99. The summed E-state index contributed by atoms with van der Waals surface area (Å²) in [4.78, 5) is 61.5. The minimum Gasteiger partial charge on any atom is -0.479 e. The number of ether oxygens (including phenoxy) is 2. The smallest absolute Gasteiger partial charge is 0.408 e. The van der Waals surface area contributed by atoms with Gasteiger partial charge in [-0.2, -0.15) is 0 Å². The molecule has 2 amide bonds. The van der Waals surface area contributed by atoms with Gasteiger partial charge in [0.2, 0.25) is 0 Å². The van der Waals surface area contributed by atoms with E-state index in [9.17, 15) is 29.1 Å². The normalized spacial score (nSPS) is 20.2. The Morgan fingerprint density at radius 3 is 2.16 bits per heavy atom. The number of alkyl carbamates (subject to hydrolysis) is 1. The fraction of sp³-hybridized carbons (Fsp3) is 0.650. The van der Waals surface area contributed by atoms with Gasteiger partial charge in [0.15, 0.2) is 17.6 Å². The molecule has 1 fully saturated rings. The fourth-order valence-corrected chi connectivity index (χ4v) is 3.13. The molecule has 0 spiro atoms. The van der Waals surface area contributed by atoms with E-state index in [-0.39, 0.29) is 24.4 Å². The predicted molar refractivity (Wildman–Crippen MR) is 108 cm³/mol. The molecule has 2 aliphatic rings. The lowest BCUT2D eigenvalue weighted by Gasteiger charge is -2.24. The maximum atomic E-state index is 13.0. The molecule has 2 heterocycles. The number of carboxylic acids is 1. The number of hydrazine groups is 1. The van der Waals surface area contributed by atoms with Crippen molar-refractivity contribution in [2.75, 3.05) is 13.1 Å². The number of aliphatic carboxylic acids is 1. The van der Waals surface area contributed by atoms with Gasteiger partial charge in [0, 0.05) is 25.1 Å². The van der Waals surface area contributed by atoms with Crippen LogP contribution in [-0.4, -0.2) is 86.4 Å². The first-order valence-electron chi connectivity index (χ1n) is 9.99. The lowest BCUT2D eigenvalue weighted by Crippen LogP contribution is -2.45. The minimum atomic E-state index is -1.96. The molecule has 2 atom stereocenters. The quantitative estimate of drug-likeness (QED) is 0.463. The summed E-state index contributed by atoms with van der Waals surface area (Å²) in [6, 6.07) is -1.04. The molecule has 0 bridgehead atoms. The zero-order chi connectivity index (χ0) is 24.6. The van der Waals surface area contributed by atoms with Crippen LogP contribution in [0.15, 0.2) is 11.3 Å². The SMILES string of the molecule is CC(C)(C)OC(=O)N[C@H]1CN2CC(C(=O)CC(O)C(=O)O)=C(C(=O)OC(C)(C)C)N2C1=O. The maximum Gasteiger partial charge on any atom is 0.408 e. The van der Waals surface area contributed by atoms with Crippen molar-refractivity contribution in [3.05, 3.63) is 11.3 Å². The van der Waals surface area contributed by atoms with E-state index in [0.717, 1.165) is 5.01 Å². The molecule has 0 radical (unpaired) electrons. The number of ketones is 1. The summed E-state index contributed by atoms with van der Waals surface area (Å²) in [6.45, 7) is 9.55. The number of esters is 1. The number of fused-ring (bicyclic) bond motifs is 1. The second kappa shape index (κ2) is 8.87. The molecule has 0 aromatic rings. The highest BCUT2D eigenvalue weighted by Crippen LogP contribution is 2.32. The van der Waals surface area contributed by atoms with Crippen molar-refractivity contribution in [2.45, 2.75) is 71.3 Å². The van der Waals surface area contributed by atoms with Gasteiger partial charge < -0.3 is 25.0 Å². The van der Waals surface area contributed by atoms with Crippen LogP contribution in [0.5, 0.6) is 0 Å². The van der Waals surface area contributed by atoms with Crippen molar-refractivity contribution in [3.63, 3.8) is 0 Å². The van der Waals surface area contributed by atoms with Crippen LogP contribution in [0.3, 0.4) is 0 Å². The number of hydrogen-bond donors (Lipinski definition) is 3. The number of amides is 2. The first-order chi connectivity index (χ1) is 14.5. The Morgan fingerprint density at radius 1 is 1.09 bits per heavy atom. The summed E-state index contributed by atoms with van der Waals surface area (Å²) >= 11 is 0. The molecule has 1 unspecified atom stereocenters. The number of nitrogens with zero attached hydrogens (tertiary/aromatic N) is 2. The molecule has 2 aliphatic heterocycles. The van der Waals surface area contributed by atoms with Gasteiger partial charge in [-0.15, -0.1) is 0 Å². The van der Waals surface area contributed by atoms with Gasteiger partial charge in [-0.1, -0.05) is 0 Å². The number of aliphatic hydroxyl groups is 1. The second-order valence-corrected chi connectivity index (χ2v) is 9.51. The van der Waals surface area contributed by atoms with Gasteiger partial charge in [-0.25, -0.2) is 24.4 Å². The number of nitrogens with one attached hydrogen (secondary N) is 1. The van der Waals surface area contributed by atoms with E-state index in [1.807, 2.05) is 0 Å². The van der Waals surface area contributed by atoms with E-state index in [1.54, 1.807) is 41.5 Å². The van der Waals surface area contributed by atoms with Gasteiger partial charge in [-0.05, 0) is 41.5 Å². The molecule has 1 saturated heterocycles. The monoisotopic (exact) mass is 455 g/mol. The zero-order valence-electron chi connectivity index (χ0n) is 18.9. The predicted octanol–water partition coefficient (Wildman–Crippen LogP) is -0.0470.